The molecule has 3 aromatic carbocycles. The first-order valence-electron chi connectivity index (χ1n) is 9.32. The number of ether oxygens (including phenoxy) is 4. The van der Waals surface area contributed by atoms with Crippen LogP contribution in [-0.4, -0.2) is 39.2 Å². The first-order chi connectivity index (χ1) is 14.5. The van der Waals surface area contributed by atoms with Gasteiger partial charge in [-0.2, -0.15) is 0 Å². The molecule has 0 bridgehead atoms. The maximum absolute atomic E-state index is 11.7. The molecule has 0 fully saturated rings. The zero-order chi connectivity index (χ0) is 21.7. The van der Waals surface area contributed by atoms with Gasteiger partial charge in [-0.25, -0.2) is 4.79 Å². The second-order valence-corrected chi connectivity index (χ2v) is 6.58. The van der Waals surface area contributed by atoms with Crippen molar-refractivity contribution in [2.75, 3.05) is 28.1 Å². The highest BCUT2D eigenvalue weighted by molar-refractivity contribution is 6.04. The fraction of sp³-hybridized carbons (Fsp3) is 0.208. The van der Waals surface area contributed by atoms with Gasteiger partial charge in [-0.3, -0.25) is 0 Å². The minimum absolute atomic E-state index is 0.131. The van der Waals surface area contributed by atoms with Crippen LogP contribution >= 0.6 is 0 Å². The average molecular weight is 408 g/mol. The van der Waals surface area contributed by atoms with E-state index in [9.17, 15) is 9.90 Å². The molecule has 6 nitrogen and oxygen atoms in total. The Hall–Kier alpha value is -3.51. The van der Waals surface area contributed by atoms with E-state index in [1.54, 1.807) is 45.6 Å². The number of fused-ring (bicyclic) bond motifs is 1. The molecule has 0 aliphatic carbocycles. The monoisotopic (exact) mass is 408 g/mol. The van der Waals surface area contributed by atoms with Gasteiger partial charge in [0.2, 0.25) is 0 Å². The average Bonchev–Trinajstić information content (AvgIpc) is 2.76. The first-order valence-corrected chi connectivity index (χ1v) is 9.32. The standard InChI is InChI=1S/C24H24O6/c1-15-22(24(29-4)19-8-6-5-7-18(19)23(15)28-3)20(13-21(25)26)16-9-11-17(12-10-16)30-14-27-2/h5-13H,14H2,1-4H3,(H,25,26)/b20-13-. The van der Waals surface area contributed by atoms with E-state index >= 15 is 0 Å². The number of aliphatic carboxylic acids is 1. The number of hydrogen-bond donors (Lipinski definition) is 1. The molecule has 0 radical (unpaired) electrons. The van der Waals surface area contributed by atoms with Crippen LogP contribution < -0.4 is 14.2 Å². The molecule has 0 aliphatic rings. The van der Waals surface area contributed by atoms with Gasteiger partial charge in [0, 0.05) is 40.7 Å². The molecular formula is C24H24O6. The maximum Gasteiger partial charge on any atom is 0.328 e. The van der Waals surface area contributed by atoms with Gasteiger partial charge in [0.25, 0.3) is 0 Å². The summed E-state index contributed by atoms with van der Waals surface area (Å²) < 4.78 is 21.8. The zero-order valence-electron chi connectivity index (χ0n) is 17.4. The lowest BCUT2D eigenvalue weighted by atomic mass is 9.89. The van der Waals surface area contributed by atoms with Gasteiger partial charge in [-0.1, -0.05) is 36.4 Å². The van der Waals surface area contributed by atoms with E-state index in [0.717, 1.165) is 16.3 Å². The van der Waals surface area contributed by atoms with Gasteiger partial charge < -0.3 is 24.1 Å². The number of carboxylic acids is 1. The highest BCUT2D eigenvalue weighted by atomic mass is 16.7. The third-order valence-electron chi connectivity index (χ3n) is 4.81. The van der Waals surface area contributed by atoms with Crippen molar-refractivity contribution < 1.29 is 28.8 Å². The fourth-order valence-corrected chi connectivity index (χ4v) is 3.58. The molecule has 0 saturated heterocycles. The lowest BCUT2D eigenvalue weighted by molar-refractivity contribution is -0.131. The second kappa shape index (κ2) is 9.33. The van der Waals surface area contributed by atoms with E-state index in [-0.39, 0.29) is 6.79 Å². The van der Waals surface area contributed by atoms with Gasteiger partial charge in [-0.05, 0) is 24.6 Å². The molecule has 0 aromatic heterocycles. The van der Waals surface area contributed by atoms with Crippen LogP contribution in [0.3, 0.4) is 0 Å². The molecule has 0 amide bonds. The fourth-order valence-electron chi connectivity index (χ4n) is 3.58. The summed E-state index contributed by atoms with van der Waals surface area (Å²) in [6, 6.07) is 14.9. The van der Waals surface area contributed by atoms with Gasteiger partial charge in [0.05, 0.1) is 14.2 Å². The Bertz CT molecular complexity index is 1080. The summed E-state index contributed by atoms with van der Waals surface area (Å²) in [6.07, 6.45) is 1.18. The smallest absolute Gasteiger partial charge is 0.328 e. The van der Waals surface area contributed by atoms with Crippen LogP contribution in [0, 0.1) is 6.92 Å². The predicted octanol–water partition coefficient (Wildman–Crippen LogP) is 4.66. The minimum atomic E-state index is -1.06. The summed E-state index contributed by atoms with van der Waals surface area (Å²) in [5.74, 6) is 0.835. The second-order valence-electron chi connectivity index (χ2n) is 6.58. The van der Waals surface area contributed by atoms with Crippen LogP contribution in [-0.2, 0) is 9.53 Å². The summed E-state index contributed by atoms with van der Waals surface area (Å²) in [5, 5.41) is 11.3. The third kappa shape index (κ3) is 4.09. The van der Waals surface area contributed by atoms with Crippen molar-refractivity contribution >= 4 is 22.3 Å². The zero-order valence-corrected chi connectivity index (χ0v) is 17.4. The topological polar surface area (TPSA) is 74.2 Å². The van der Waals surface area contributed by atoms with Gasteiger partial charge in [0.15, 0.2) is 6.79 Å². The highest BCUT2D eigenvalue weighted by Crippen LogP contribution is 2.45. The van der Waals surface area contributed by atoms with Crippen LogP contribution in [0.2, 0.25) is 0 Å². The van der Waals surface area contributed by atoms with Crippen molar-refractivity contribution in [1.29, 1.82) is 0 Å². The summed E-state index contributed by atoms with van der Waals surface area (Å²) in [4.78, 5) is 11.7. The van der Waals surface area contributed by atoms with Crippen molar-refractivity contribution in [2.45, 2.75) is 6.92 Å². The largest absolute Gasteiger partial charge is 0.496 e. The van der Waals surface area contributed by atoms with E-state index in [2.05, 4.69) is 0 Å². The van der Waals surface area contributed by atoms with Gasteiger partial charge in [0.1, 0.15) is 17.2 Å². The molecule has 3 aromatic rings. The van der Waals surface area contributed by atoms with E-state index in [4.69, 9.17) is 18.9 Å². The van der Waals surface area contributed by atoms with Crippen LogP contribution in [0.4, 0.5) is 0 Å². The van der Waals surface area contributed by atoms with E-state index in [0.29, 0.717) is 33.9 Å². The van der Waals surface area contributed by atoms with E-state index in [1.807, 2.05) is 31.2 Å². The Morgan fingerprint density at radius 3 is 2.07 bits per heavy atom. The number of rotatable bonds is 8. The molecule has 30 heavy (non-hydrogen) atoms. The third-order valence-corrected chi connectivity index (χ3v) is 4.81. The molecule has 6 heteroatoms. The summed E-state index contributed by atoms with van der Waals surface area (Å²) in [7, 11) is 4.73. The molecule has 0 saturated carbocycles. The Balaban J connectivity index is 2.27. The number of methoxy groups -OCH3 is 3. The van der Waals surface area contributed by atoms with Crippen LogP contribution in [0.25, 0.3) is 16.3 Å². The summed E-state index contributed by atoms with van der Waals surface area (Å²) in [5.41, 5.74) is 2.68. The maximum atomic E-state index is 11.7. The Morgan fingerprint density at radius 2 is 1.53 bits per heavy atom. The number of carboxylic acid groups (broad SMARTS) is 1. The van der Waals surface area contributed by atoms with Gasteiger partial charge >= 0.3 is 5.97 Å². The molecule has 0 atom stereocenters. The number of benzene rings is 3. The van der Waals surface area contributed by atoms with Crippen molar-refractivity contribution in [1.82, 2.24) is 0 Å². The van der Waals surface area contributed by atoms with E-state index in [1.165, 1.54) is 6.08 Å². The molecular weight excluding hydrogens is 384 g/mol. The quantitative estimate of drug-likeness (QED) is 0.431. The predicted molar refractivity (Wildman–Crippen MR) is 115 cm³/mol. The number of hydrogen-bond acceptors (Lipinski definition) is 5. The molecule has 0 unspecified atom stereocenters. The van der Waals surface area contributed by atoms with Crippen LogP contribution in [0.5, 0.6) is 17.2 Å². The minimum Gasteiger partial charge on any atom is -0.496 e. The Morgan fingerprint density at radius 1 is 0.933 bits per heavy atom. The van der Waals surface area contributed by atoms with Crippen LogP contribution in [0.1, 0.15) is 16.7 Å². The lowest BCUT2D eigenvalue weighted by Crippen LogP contribution is -2.03. The molecule has 156 valence electrons. The highest BCUT2D eigenvalue weighted by Gasteiger charge is 2.22. The molecule has 0 aliphatic heterocycles. The van der Waals surface area contributed by atoms with Crippen molar-refractivity contribution in [3.05, 3.63) is 71.3 Å². The van der Waals surface area contributed by atoms with Gasteiger partial charge in [-0.15, -0.1) is 0 Å². The molecule has 0 spiro atoms. The molecule has 1 N–H and O–H groups in total. The summed E-state index contributed by atoms with van der Waals surface area (Å²) >= 11 is 0. The van der Waals surface area contributed by atoms with E-state index < -0.39 is 5.97 Å². The Kier molecular flexibility index (Phi) is 6.59. The number of carbonyl (C=O) groups is 1. The summed E-state index contributed by atoms with van der Waals surface area (Å²) in [6.45, 7) is 2.03. The first kappa shape index (κ1) is 21.2. The SMILES string of the molecule is COCOc1ccc(/C(=C/C(=O)O)c2c(C)c(OC)c3ccccc3c2OC)cc1. The molecule has 3 rings (SSSR count). The molecule has 0 heterocycles. The van der Waals surface area contributed by atoms with Crippen molar-refractivity contribution in [2.24, 2.45) is 0 Å². The normalized spacial score (nSPS) is 11.4. The Labute approximate surface area is 175 Å². The van der Waals surface area contributed by atoms with Crippen LogP contribution in [0.15, 0.2) is 54.6 Å². The van der Waals surface area contributed by atoms with Crippen molar-refractivity contribution in [3.8, 4) is 17.2 Å². The lowest BCUT2D eigenvalue weighted by Gasteiger charge is -2.21. The van der Waals surface area contributed by atoms with Crippen molar-refractivity contribution in [3.63, 3.8) is 0 Å².